The number of non-ortho nitro benzene ring substituents is 1. The molecule has 0 fully saturated rings. The van der Waals surface area contributed by atoms with Crippen LogP contribution >= 0.6 is 0 Å². The maximum atomic E-state index is 11.8. The summed E-state index contributed by atoms with van der Waals surface area (Å²) in [6, 6.07) is 4.28. The maximum Gasteiger partial charge on any atom is 0.270 e. The summed E-state index contributed by atoms with van der Waals surface area (Å²) in [5.41, 5.74) is 0.590. The first-order valence-corrected chi connectivity index (χ1v) is 5.92. The van der Waals surface area contributed by atoms with Crippen LogP contribution in [-0.2, 0) is 11.3 Å². The molecule has 0 atom stereocenters. The molecule has 1 aromatic rings. The molecule has 1 rings (SSSR count). The van der Waals surface area contributed by atoms with E-state index in [0.29, 0.717) is 24.4 Å². The van der Waals surface area contributed by atoms with Crippen LogP contribution in [0, 0.1) is 10.1 Å². The van der Waals surface area contributed by atoms with E-state index in [4.69, 9.17) is 9.47 Å². The molecule has 0 heterocycles. The summed E-state index contributed by atoms with van der Waals surface area (Å²) >= 11 is 0. The summed E-state index contributed by atoms with van der Waals surface area (Å²) < 4.78 is 33.4. The molecular formula is C12H16F2N2O4. The molecule has 0 aliphatic carbocycles. The fraction of sp³-hybridized carbons (Fsp3) is 0.500. The van der Waals surface area contributed by atoms with Crippen molar-refractivity contribution in [2.75, 3.05) is 26.9 Å². The summed E-state index contributed by atoms with van der Waals surface area (Å²) in [7, 11) is 1.47. The third-order valence-corrected chi connectivity index (χ3v) is 2.46. The Kier molecular flexibility index (Phi) is 6.82. The number of hydrogen-bond acceptors (Lipinski definition) is 5. The maximum absolute atomic E-state index is 11.8. The van der Waals surface area contributed by atoms with Gasteiger partial charge in [0.15, 0.2) is 0 Å². The molecule has 0 saturated carbocycles. The highest BCUT2D eigenvalue weighted by atomic mass is 19.3. The van der Waals surface area contributed by atoms with Gasteiger partial charge in [-0.15, -0.1) is 0 Å². The van der Waals surface area contributed by atoms with Gasteiger partial charge >= 0.3 is 0 Å². The molecule has 0 amide bonds. The normalized spacial score (nSPS) is 10.8. The van der Waals surface area contributed by atoms with Crippen molar-refractivity contribution in [2.45, 2.75) is 13.0 Å². The van der Waals surface area contributed by atoms with E-state index in [1.807, 2.05) is 0 Å². The van der Waals surface area contributed by atoms with Gasteiger partial charge in [0.05, 0.1) is 18.6 Å². The minimum absolute atomic E-state index is 0.0310. The molecule has 20 heavy (non-hydrogen) atoms. The highest BCUT2D eigenvalue weighted by molar-refractivity contribution is 5.43. The zero-order chi connectivity index (χ0) is 15.0. The van der Waals surface area contributed by atoms with E-state index < -0.39 is 18.0 Å². The van der Waals surface area contributed by atoms with Crippen molar-refractivity contribution in [3.63, 3.8) is 0 Å². The lowest BCUT2D eigenvalue weighted by Gasteiger charge is -2.09. The predicted molar refractivity (Wildman–Crippen MR) is 68.2 cm³/mol. The molecular weight excluding hydrogens is 274 g/mol. The molecule has 0 aliphatic rings. The molecule has 0 aliphatic heterocycles. The predicted octanol–water partition coefficient (Wildman–Crippen LogP) is 1.97. The van der Waals surface area contributed by atoms with Gasteiger partial charge in [0.25, 0.3) is 12.1 Å². The summed E-state index contributed by atoms with van der Waals surface area (Å²) in [4.78, 5) is 10.2. The van der Waals surface area contributed by atoms with Gasteiger partial charge in [-0.3, -0.25) is 10.1 Å². The summed E-state index contributed by atoms with van der Waals surface area (Å²) in [5, 5.41) is 13.6. The molecule has 0 spiro atoms. The average molecular weight is 290 g/mol. The fourth-order valence-corrected chi connectivity index (χ4v) is 1.56. The lowest BCUT2D eigenvalue weighted by molar-refractivity contribution is -0.384. The number of benzene rings is 1. The van der Waals surface area contributed by atoms with E-state index in [-0.39, 0.29) is 12.3 Å². The second-order valence-electron chi connectivity index (χ2n) is 3.90. The van der Waals surface area contributed by atoms with Crippen molar-refractivity contribution < 1.29 is 23.2 Å². The number of nitro groups is 1. The van der Waals surface area contributed by atoms with Crippen LogP contribution in [0.15, 0.2) is 18.2 Å². The van der Waals surface area contributed by atoms with Crippen molar-refractivity contribution in [3.05, 3.63) is 33.9 Å². The molecule has 0 bridgehead atoms. The number of rotatable bonds is 9. The third kappa shape index (κ3) is 5.45. The van der Waals surface area contributed by atoms with Crippen LogP contribution in [0.1, 0.15) is 5.56 Å². The summed E-state index contributed by atoms with van der Waals surface area (Å²) in [5.74, 6) is 0.525. The average Bonchev–Trinajstić information content (AvgIpc) is 2.42. The van der Waals surface area contributed by atoms with Crippen LogP contribution in [0.4, 0.5) is 14.5 Å². The zero-order valence-corrected chi connectivity index (χ0v) is 11.0. The largest absolute Gasteiger partial charge is 0.496 e. The van der Waals surface area contributed by atoms with Crippen molar-refractivity contribution in [2.24, 2.45) is 0 Å². The van der Waals surface area contributed by atoms with E-state index in [1.165, 1.54) is 25.3 Å². The topological polar surface area (TPSA) is 73.6 Å². The SMILES string of the molecule is COc1ccc([N+](=O)[O-])cc1CNCCOCC(F)F. The standard InChI is InChI=1S/C12H16F2N2O4/c1-19-11-3-2-10(16(17)18)6-9(11)7-15-4-5-20-8-12(13)14/h2-3,6,12,15H,4-5,7-8H2,1H3. The Balaban J connectivity index is 2.45. The molecule has 1 aromatic carbocycles. The molecule has 0 saturated heterocycles. The van der Waals surface area contributed by atoms with Crippen LogP contribution < -0.4 is 10.1 Å². The Hall–Kier alpha value is -1.80. The van der Waals surface area contributed by atoms with Gasteiger partial charge in [-0.05, 0) is 6.07 Å². The molecule has 0 aromatic heterocycles. The van der Waals surface area contributed by atoms with Gasteiger partial charge in [0, 0.05) is 30.8 Å². The quantitative estimate of drug-likeness (QED) is 0.427. The molecule has 112 valence electrons. The number of hydrogen-bond donors (Lipinski definition) is 1. The van der Waals surface area contributed by atoms with E-state index in [1.54, 1.807) is 0 Å². The first-order chi connectivity index (χ1) is 9.54. The van der Waals surface area contributed by atoms with Crippen LogP contribution in [0.5, 0.6) is 5.75 Å². The Morgan fingerprint density at radius 2 is 2.20 bits per heavy atom. The zero-order valence-electron chi connectivity index (χ0n) is 11.0. The van der Waals surface area contributed by atoms with Crippen molar-refractivity contribution in [1.29, 1.82) is 0 Å². The Morgan fingerprint density at radius 3 is 2.80 bits per heavy atom. The van der Waals surface area contributed by atoms with E-state index in [0.717, 1.165) is 0 Å². The van der Waals surface area contributed by atoms with E-state index in [9.17, 15) is 18.9 Å². The number of nitrogens with zero attached hydrogens (tertiary/aromatic N) is 1. The van der Waals surface area contributed by atoms with Crippen LogP contribution in [-0.4, -0.2) is 38.2 Å². The lowest BCUT2D eigenvalue weighted by Crippen LogP contribution is -2.21. The molecule has 8 heteroatoms. The van der Waals surface area contributed by atoms with Gasteiger partial charge in [-0.25, -0.2) is 8.78 Å². The van der Waals surface area contributed by atoms with Gasteiger partial charge < -0.3 is 14.8 Å². The van der Waals surface area contributed by atoms with Gasteiger partial charge in [0.2, 0.25) is 0 Å². The van der Waals surface area contributed by atoms with Gasteiger partial charge in [-0.2, -0.15) is 0 Å². The Morgan fingerprint density at radius 1 is 1.45 bits per heavy atom. The highest BCUT2D eigenvalue weighted by Crippen LogP contribution is 2.23. The number of halogens is 2. The lowest BCUT2D eigenvalue weighted by atomic mass is 10.1. The minimum atomic E-state index is -2.48. The smallest absolute Gasteiger partial charge is 0.270 e. The highest BCUT2D eigenvalue weighted by Gasteiger charge is 2.10. The van der Waals surface area contributed by atoms with Gasteiger partial charge in [-0.1, -0.05) is 0 Å². The number of nitro benzene ring substituents is 1. The monoisotopic (exact) mass is 290 g/mol. The van der Waals surface area contributed by atoms with Crippen molar-refractivity contribution >= 4 is 5.69 Å². The number of ether oxygens (including phenoxy) is 2. The second kappa shape index (κ2) is 8.39. The van der Waals surface area contributed by atoms with Crippen LogP contribution in [0.2, 0.25) is 0 Å². The summed E-state index contributed by atoms with van der Waals surface area (Å²) in [6.45, 7) is 0.227. The number of alkyl halides is 2. The first-order valence-electron chi connectivity index (χ1n) is 5.92. The van der Waals surface area contributed by atoms with Crippen molar-refractivity contribution in [1.82, 2.24) is 5.32 Å². The molecule has 0 unspecified atom stereocenters. The van der Waals surface area contributed by atoms with E-state index >= 15 is 0 Å². The molecule has 1 N–H and O–H groups in total. The number of nitrogens with one attached hydrogen (secondary N) is 1. The number of methoxy groups -OCH3 is 1. The second-order valence-corrected chi connectivity index (χ2v) is 3.90. The Labute approximate surface area is 114 Å². The first kappa shape index (κ1) is 16.3. The van der Waals surface area contributed by atoms with E-state index in [2.05, 4.69) is 5.32 Å². The van der Waals surface area contributed by atoms with Crippen molar-refractivity contribution in [3.8, 4) is 5.75 Å². The molecule has 6 nitrogen and oxygen atoms in total. The van der Waals surface area contributed by atoms with Crippen LogP contribution in [0.3, 0.4) is 0 Å². The van der Waals surface area contributed by atoms with Crippen LogP contribution in [0.25, 0.3) is 0 Å². The molecule has 0 radical (unpaired) electrons. The minimum Gasteiger partial charge on any atom is -0.496 e. The third-order valence-electron chi connectivity index (χ3n) is 2.46. The van der Waals surface area contributed by atoms with Gasteiger partial charge in [0.1, 0.15) is 12.4 Å². The fourth-order valence-electron chi connectivity index (χ4n) is 1.56. The summed E-state index contributed by atoms with van der Waals surface area (Å²) in [6.07, 6.45) is -2.48. The Bertz CT molecular complexity index is 443.